The van der Waals surface area contributed by atoms with Crippen molar-refractivity contribution in [3.8, 4) is 0 Å². The van der Waals surface area contributed by atoms with Crippen molar-refractivity contribution < 1.29 is 18.7 Å². The van der Waals surface area contributed by atoms with Gasteiger partial charge < -0.3 is 20.5 Å². The zero-order chi connectivity index (χ0) is 13.0. The molecule has 2 rings (SSSR count). The van der Waals surface area contributed by atoms with Crippen molar-refractivity contribution in [2.24, 2.45) is 0 Å². The molecule has 1 aliphatic rings. The predicted octanol–water partition coefficient (Wildman–Crippen LogP) is 1.15. The molecule has 0 atom stereocenters. The van der Waals surface area contributed by atoms with E-state index in [9.17, 15) is 9.18 Å². The maximum atomic E-state index is 13.3. The van der Waals surface area contributed by atoms with E-state index in [0.717, 1.165) is 0 Å². The number of hydrogen-bond donors (Lipinski definition) is 2. The van der Waals surface area contributed by atoms with Gasteiger partial charge in [0.25, 0.3) is 0 Å². The van der Waals surface area contributed by atoms with Crippen molar-refractivity contribution in [1.82, 2.24) is 0 Å². The Morgan fingerprint density at radius 2 is 2.33 bits per heavy atom. The highest BCUT2D eigenvalue weighted by molar-refractivity contribution is 5.91. The van der Waals surface area contributed by atoms with Crippen LogP contribution in [-0.4, -0.2) is 31.8 Å². The number of hydrogen-bond acceptors (Lipinski definition) is 4. The van der Waals surface area contributed by atoms with E-state index in [1.54, 1.807) is 0 Å². The molecule has 1 aromatic carbocycles. The third-order valence-electron chi connectivity index (χ3n) is 2.55. The fourth-order valence-electron chi connectivity index (χ4n) is 1.48. The van der Waals surface area contributed by atoms with Crippen molar-refractivity contribution >= 4 is 17.3 Å². The molecule has 1 aliphatic heterocycles. The molecule has 0 radical (unpaired) electrons. The summed E-state index contributed by atoms with van der Waals surface area (Å²) in [6.07, 6.45) is 0.256. The Morgan fingerprint density at radius 1 is 1.56 bits per heavy atom. The van der Waals surface area contributed by atoms with Crippen LogP contribution in [0, 0.1) is 5.82 Å². The summed E-state index contributed by atoms with van der Waals surface area (Å²) >= 11 is 0. The predicted molar refractivity (Wildman–Crippen MR) is 64.6 cm³/mol. The molecular formula is C12H15FN2O3. The van der Waals surface area contributed by atoms with E-state index in [4.69, 9.17) is 15.2 Å². The van der Waals surface area contributed by atoms with Gasteiger partial charge in [0.15, 0.2) is 0 Å². The first-order valence-corrected chi connectivity index (χ1v) is 5.69. The van der Waals surface area contributed by atoms with E-state index in [0.29, 0.717) is 25.5 Å². The molecule has 1 saturated heterocycles. The summed E-state index contributed by atoms with van der Waals surface area (Å²) in [7, 11) is 0. The number of ether oxygens (including phenoxy) is 2. The summed E-state index contributed by atoms with van der Waals surface area (Å²) in [6, 6.07) is 4.03. The minimum atomic E-state index is -0.508. The van der Waals surface area contributed by atoms with Gasteiger partial charge in [-0.2, -0.15) is 0 Å². The molecule has 0 unspecified atom stereocenters. The van der Waals surface area contributed by atoms with Gasteiger partial charge in [-0.25, -0.2) is 4.39 Å². The molecule has 6 heteroatoms. The molecule has 1 heterocycles. The molecule has 5 nitrogen and oxygen atoms in total. The van der Waals surface area contributed by atoms with Gasteiger partial charge >= 0.3 is 0 Å². The highest BCUT2D eigenvalue weighted by atomic mass is 19.1. The van der Waals surface area contributed by atoms with Crippen molar-refractivity contribution in [1.29, 1.82) is 0 Å². The normalized spacial score (nSPS) is 15.2. The van der Waals surface area contributed by atoms with Gasteiger partial charge in [0.2, 0.25) is 5.91 Å². The number of halogens is 1. The summed E-state index contributed by atoms with van der Waals surface area (Å²) < 4.78 is 23.6. The van der Waals surface area contributed by atoms with Gasteiger partial charge in [-0.05, 0) is 18.2 Å². The van der Waals surface area contributed by atoms with Crippen LogP contribution in [0.25, 0.3) is 0 Å². The number of amides is 1. The van der Waals surface area contributed by atoms with Crippen molar-refractivity contribution in [2.45, 2.75) is 12.5 Å². The molecule has 0 spiro atoms. The average Bonchev–Trinajstić information content (AvgIpc) is 2.27. The van der Waals surface area contributed by atoms with Crippen LogP contribution < -0.4 is 11.1 Å². The average molecular weight is 254 g/mol. The molecule has 0 saturated carbocycles. The fourth-order valence-corrected chi connectivity index (χ4v) is 1.48. The summed E-state index contributed by atoms with van der Waals surface area (Å²) in [5, 5.41) is 2.46. The van der Waals surface area contributed by atoms with Crippen LogP contribution in [-0.2, 0) is 14.3 Å². The van der Waals surface area contributed by atoms with E-state index in [1.165, 1.54) is 18.2 Å². The van der Waals surface area contributed by atoms with Gasteiger partial charge in [0, 0.05) is 5.69 Å². The second-order valence-corrected chi connectivity index (χ2v) is 4.07. The largest absolute Gasteiger partial charge is 0.399 e. The van der Waals surface area contributed by atoms with E-state index < -0.39 is 5.82 Å². The number of nitrogens with one attached hydrogen (secondary N) is 1. The first-order valence-electron chi connectivity index (χ1n) is 5.69. The molecule has 1 aromatic rings. The lowest BCUT2D eigenvalue weighted by Gasteiger charge is -2.25. The van der Waals surface area contributed by atoms with Crippen molar-refractivity contribution in [3.63, 3.8) is 0 Å². The number of anilines is 2. The van der Waals surface area contributed by atoms with Gasteiger partial charge in [0.1, 0.15) is 11.9 Å². The molecule has 1 fully saturated rings. The molecule has 0 aromatic heterocycles. The lowest BCUT2D eigenvalue weighted by Crippen LogP contribution is -2.36. The third-order valence-corrected chi connectivity index (χ3v) is 2.55. The van der Waals surface area contributed by atoms with Crippen LogP contribution in [0.3, 0.4) is 0 Å². The summed E-state index contributed by atoms with van der Waals surface area (Å²) in [5.41, 5.74) is 6.00. The Kier molecular flexibility index (Phi) is 4.11. The second-order valence-electron chi connectivity index (χ2n) is 4.07. The molecular weight excluding hydrogens is 239 g/mol. The zero-order valence-corrected chi connectivity index (χ0v) is 9.82. The quantitative estimate of drug-likeness (QED) is 0.773. The molecule has 1 amide bonds. The summed E-state index contributed by atoms with van der Waals surface area (Å²) in [4.78, 5) is 11.5. The molecule has 98 valence electrons. The summed E-state index contributed by atoms with van der Waals surface area (Å²) in [5.74, 6) is -0.814. The maximum Gasteiger partial charge on any atom is 0.226 e. The van der Waals surface area contributed by atoms with Crippen LogP contribution in [0.1, 0.15) is 6.42 Å². The Morgan fingerprint density at radius 3 is 3.00 bits per heavy atom. The Hall–Kier alpha value is -1.66. The highest BCUT2D eigenvalue weighted by Crippen LogP contribution is 2.17. The molecule has 3 N–H and O–H groups in total. The summed E-state index contributed by atoms with van der Waals surface area (Å²) in [6.45, 7) is 1.45. The van der Waals surface area contributed by atoms with Crippen molar-refractivity contribution in [2.75, 3.05) is 30.9 Å². The van der Waals surface area contributed by atoms with Gasteiger partial charge in [-0.3, -0.25) is 4.79 Å². The van der Waals surface area contributed by atoms with Crippen LogP contribution in [0.4, 0.5) is 15.8 Å². The number of benzene rings is 1. The first-order chi connectivity index (χ1) is 8.65. The van der Waals surface area contributed by atoms with Crippen LogP contribution in [0.5, 0.6) is 0 Å². The van der Waals surface area contributed by atoms with Crippen LogP contribution in [0.15, 0.2) is 18.2 Å². The Bertz CT molecular complexity index is 435. The zero-order valence-electron chi connectivity index (χ0n) is 9.82. The molecule has 0 bridgehead atoms. The molecule has 18 heavy (non-hydrogen) atoms. The standard InChI is InChI=1S/C12H15FN2O3/c13-10-2-1-8(14)5-11(10)15-12(16)3-4-18-9-6-17-7-9/h1-2,5,9H,3-4,6-7,14H2,(H,15,16). The number of carbonyl (C=O) groups excluding carboxylic acids is 1. The number of nitrogen functional groups attached to an aromatic ring is 1. The SMILES string of the molecule is Nc1ccc(F)c(NC(=O)CCOC2COC2)c1. The third kappa shape index (κ3) is 3.41. The fraction of sp³-hybridized carbons (Fsp3) is 0.417. The smallest absolute Gasteiger partial charge is 0.226 e. The Balaban J connectivity index is 1.77. The van der Waals surface area contributed by atoms with Crippen molar-refractivity contribution in [3.05, 3.63) is 24.0 Å². The number of rotatable bonds is 5. The van der Waals surface area contributed by atoms with E-state index >= 15 is 0 Å². The van der Waals surface area contributed by atoms with Gasteiger partial charge in [-0.15, -0.1) is 0 Å². The Labute approximate surface area is 104 Å². The number of nitrogens with two attached hydrogens (primary N) is 1. The number of carbonyl (C=O) groups is 1. The lowest BCUT2D eigenvalue weighted by molar-refractivity contribution is -0.135. The molecule has 0 aliphatic carbocycles. The second kappa shape index (κ2) is 5.79. The van der Waals surface area contributed by atoms with Crippen LogP contribution in [0.2, 0.25) is 0 Å². The first kappa shape index (κ1) is 12.8. The van der Waals surface area contributed by atoms with Gasteiger partial charge in [-0.1, -0.05) is 0 Å². The van der Waals surface area contributed by atoms with Crippen LogP contribution >= 0.6 is 0 Å². The highest BCUT2D eigenvalue weighted by Gasteiger charge is 2.18. The maximum absolute atomic E-state index is 13.3. The van der Waals surface area contributed by atoms with E-state index in [-0.39, 0.29) is 24.1 Å². The lowest BCUT2D eigenvalue weighted by atomic mass is 10.2. The van der Waals surface area contributed by atoms with E-state index in [2.05, 4.69) is 5.32 Å². The monoisotopic (exact) mass is 254 g/mol. The topological polar surface area (TPSA) is 73.6 Å². The minimum absolute atomic E-state index is 0.0851. The van der Waals surface area contributed by atoms with Gasteiger partial charge in [0.05, 0.1) is 31.9 Å². The minimum Gasteiger partial charge on any atom is -0.399 e. The van der Waals surface area contributed by atoms with E-state index in [1.807, 2.05) is 0 Å².